The van der Waals surface area contributed by atoms with Gasteiger partial charge in [0, 0.05) is 0 Å². The van der Waals surface area contributed by atoms with Crippen LogP contribution in [0.3, 0.4) is 0 Å². The predicted molar refractivity (Wildman–Crippen MR) is 90.3 cm³/mol. The van der Waals surface area contributed by atoms with Crippen LogP contribution in [0.5, 0.6) is 0 Å². The predicted octanol–water partition coefficient (Wildman–Crippen LogP) is 6.67. The Bertz CT molecular complexity index is 410. The fourth-order valence-corrected chi connectivity index (χ4v) is 3.17. The van der Waals surface area contributed by atoms with Gasteiger partial charge in [0.05, 0.1) is 0 Å². The number of hydrogen-bond donors (Lipinski definition) is 0. The van der Waals surface area contributed by atoms with Crippen molar-refractivity contribution in [2.45, 2.75) is 76.8 Å². The van der Waals surface area contributed by atoms with E-state index < -0.39 is 6.17 Å². The Hall–Kier alpha value is -1.11. The Morgan fingerprint density at radius 2 is 1.71 bits per heavy atom. The molecule has 2 rings (SSSR count). The van der Waals surface area contributed by atoms with E-state index in [-0.39, 0.29) is 0 Å². The van der Waals surface area contributed by atoms with Crippen molar-refractivity contribution >= 4 is 6.08 Å². The molecule has 0 heterocycles. The fraction of sp³-hybridized carbons (Fsp3) is 0.600. The lowest BCUT2D eigenvalue weighted by Crippen LogP contribution is -2.13. The number of halogens is 1. The summed E-state index contributed by atoms with van der Waals surface area (Å²) in [6.45, 7) is 2.25. The summed E-state index contributed by atoms with van der Waals surface area (Å²) in [5.41, 5.74) is 2.68. The number of rotatable bonds is 7. The molecule has 1 aliphatic carbocycles. The molecule has 0 unspecified atom stereocenters. The van der Waals surface area contributed by atoms with Crippen LogP contribution in [0.2, 0.25) is 0 Å². The Morgan fingerprint density at radius 1 is 1.00 bits per heavy atom. The normalized spacial score (nSPS) is 22.8. The molecule has 1 fully saturated rings. The summed E-state index contributed by atoms with van der Waals surface area (Å²) in [5, 5.41) is 0. The lowest BCUT2D eigenvalue weighted by Gasteiger charge is -2.24. The van der Waals surface area contributed by atoms with Crippen molar-refractivity contribution in [1.29, 1.82) is 0 Å². The molecule has 1 aromatic carbocycles. The first-order valence-electron chi connectivity index (χ1n) is 8.70. The summed E-state index contributed by atoms with van der Waals surface area (Å²) < 4.78 is 13.2. The van der Waals surface area contributed by atoms with E-state index in [1.165, 1.54) is 43.2 Å². The van der Waals surface area contributed by atoms with Crippen LogP contribution in [0.25, 0.3) is 6.08 Å². The third-order valence-corrected chi connectivity index (χ3v) is 4.60. The topological polar surface area (TPSA) is 0 Å². The fourth-order valence-electron chi connectivity index (χ4n) is 3.17. The van der Waals surface area contributed by atoms with Crippen molar-refractivity contribution in [2.24, 2.45) is 0 Å². The van der Waals surface area contributed by atoms with Gasteiger partial charge in [-0.2, -0.15) is 0 Å². The molecule has 0 aromatic heterocycles. The molecule has 1 saturated carbocycles. The second-order valence-electron chi connectivity index (χ2n) is 6.37. The van der Waals surface area contributed by atoms with Gasteiger partial charge in [-0.3, -0.25) is 0 Å². The van der Waals surface area contributed by atoms with Gasteiger partial charge in [-0.15, -0.1) is 0 Å². The monoisotopic (exact) mass is 288 g/mol. The van der Waals surface area contributed by atoms with Crippen LogP contribution in [0, 0.1) is 0 Å². The molecule has 0 saturated heterocycles. The average molecular weight is 288 g/mol. The van der Waals surface area contributed by atoms with Crippen LogP contribution in [0.15, 0.2) is 30.3 Å². The molecule has 0 N–H and O–H groups in total. The number of unbranched alkanes of at least 4 members (excludes halogenated alkanes) is 4. The van der Waals surface area contributed by atoms with Crippen LogP contribution >= 0.6 is 0 Å². The zero-order valence-corrected chi connectivity index (χ0v) is 13.4. The Labute approximate surface area is 129 Å². The van der Waals surface area contributed by atoms with Crippen LogP contribution in [0.1, 0.15) is 81.8 Å². The van der Waals surface area contributed by atoms with Crippen LogP contribution < -0.4 is 0 Å². The van der Waals surface area contributed by atoms with Gasteiger partial charge in [0.25, 0.3) is 0 Å². The van der Waals surface area contributed by atoms with Gasteiger partial charge in [-0.25, -0.2) is 4.39 Å². The molecule has 1 aliphatic rings. The van der Waals surface area contributed by atoms with Crippen LogP contribution in [0.4, 0.5) is 4.39 Å². The van der Waals surface area contributed by atoms with Crippen molar-refractivity contribution in [2.75, 3.05) is 0 Å². The maximum atomic E-state index is 13.2. The van der Waals surface area contributed by atoms with E-state index in [0.717, 1.165) is 25.7 Å². The zero-order valence-electron chi connectivity index (χ0n) is 13.4. The highest BCUT2D eigenvalue weighted by Gasteiger charge is 2.21. The molecule has 0 spiro atoms. The van der Waals surface area contributed by atoms with Gasteiger partial charge in [0.2, 0.25) is 0 Å². The summed E-state index contributed by atoms with van der Waals surface area (Å²) >= 11 is 0. The second-order valence-corrected chi connectivity index (χ2v) is 6.37. The Kier molecular flexibility index (Phi) is 6.99. The molecule has 0 bridgehead atoms. The lowest BCUT2D eigenvalue weighted by atomic mass is 9.83. The quantitative estimate of drug-likeness (QED) is 0.492. The molecule has 21 heavy (non-hydrogen) atoms. The van der Waals surface area contributed by atoms with E-state index in [0.29, 0.717) is 5.92 Å². The second kappa shape index (κ2) is 9.02. The van der Waals surface area contributed by atoms with E-state index in [9.17, 15) is 4.39 Å². The molecular formula is C20H29F. The molecule has 0 atom stereocenters. The van der Waals surface area contributed by atoms with Gasteiger partial charge in [-0.05, 0) is 55.6 Å². The molecular weight excluding hydrogens is 259 g/mol. The van der Waals surface area contributed by atoms with Crippen molar-refractivity contribution in [1.82, 2.24) is 0 Å². The first-order chi connectivity index (χ1) is 10.3. The molecule has 1 aromatic rings. The molecule has 0 nitrogen and oxygen atoms in total. The molecule has 0 aliphatic heterocycles. The van der Waals surface area contributed by atoms with Crippen LogP contribution in [-0.2, 0) is 0 Å². The highest BCUT2D eigenvalue weighted by Crippen LogP contribution is 2.34. The minimum absolute atomic E-state index is 0.559. The number of allylic oxidation sites excluding steroid dienone is 1. The number of hydrogen-bond acceptors (Lipinski definition) is 0. The summed E-state index contributed by atoms with van der Waals surface area (Å²) in [4.78, 5) is 0. The summed E-state index contributed by atoms with van der Waals surface area (Å²) in [6, 6.07) is 8.89. The minimum atomic E-state index is -0.559. The minimum Gasteiger partial charge on any atom is -0.247 e. The smallest absolute Gasteiger partial charge is 0.100 e. The molecule has 116 valence electrons. The van der Waals surface area contributed by atoms with Crippen molar-refractivity contribution < 1.29 is 4.39 Å². The Morgan fingerprint density at radius 3 is 2.38 bits per heavy atom. The maximum Gasteiger partial charge on any atom is 0.100 e. The Balaban J connectivity index is 1.77. The molecule has 1 heteroatoms. The summed E-state index contributed by atoms with van der Waals surface area (Å²) in [5.74, 6) is 0.573. The third-order valence-electron chi connectivity index (χ3n) is 4.60. The van der Waals surface area contributed by atoms with E-state index in [2.05, 4.69) is 43.3 Å². The number of benzene rings is 1. The highest BCUT2D eigenvalue weighted by atomic mass is 19.1. The van der Waals surface area contributed by atoms with E-state index in [1.807, 2.05) is 0 Å². The zero-order chi connectivity index (χ0) is 14.9. The van der Waals surface area contributed by atoms with Crippen molar-refractivity contribution in [3.63, 3.8) is 0 Å². The molecule has 0 radical (unpaired) electrons. The van der Waals surface area contributed by atoms with E-state index >= 15 is 0 Å². The largest absolute Gasteiger partial charge is 0.247 e. The van der Waals surface area contributed by atoms with Gasteiger partial charge in [0.1, 0.15) is 6.17 Å². The van der Waals surface area contributed by atoms with Gasteiger partial charge in [-0.1, -0.05) is 62.6 Å². The van der Waals surface area contributed by atoms with Crippen molar-refractivity contribution in [3.8, 4) is 0 Å². The van der Waals surface area contributed by atoms with Crippen LogP contribution in [-0.4, -0.2) is 6.17 Å². The van der Waals surface area contributed by atoms with Gasteiger partial charge in [0.15, 0.2) is 0 Å². The summed E-state index contributed by atoms with van der Waals surface area (Å²) in [7, 11) is 0. The standard InChI is InChI=1S/C20H29F/c1-2-3-4-5-6-7-8-17-9-11-18(12-10-17)19-13-15-20(21)16-14-19/h7-12,19-20H,2-6,13-16H2,1H3/t19-,20-. The van der Waals surface area contributed by atoms with E-state index in [1.54, 1.807) is 0 Å². The van der Waals surface area contributed by atoms with Crippen molar-refractivity contribution in [3.05, 3.63) is 41.5 Å². The first-order valence-corrected chi connectivity index (χ1v) is 8.70. The highest BCUT2D eigenvalue weighted by molar-refractivity contribution is 5.49. The lowest BCUT2D eigenvalue weighted by molar-refractivity contribution is 0.235. The maximum absolute atomic E-state index is 13.2. The average Bonchev–Trinajstić information content (AvgIpc) is 2.52. The third kappa shape index (κ3) is 5.65. The first kappa shape index (κ1) is 16.3. The number of alkyl halides is 1. The van der Waals surface area contributed by atoms with Gasteiger partial charge < -0.3 is 0 Å². The van der Waals surface area contributed by atoms with E-state index in [4.69, 9.17) is 0 Å². The SMILES string of the molecule is CCCCCCC=Cc1ccc([C@H]2CC[C@H](F)CC2)cc1. The summed E-state index contributed by atoms with van der Waals surface area (Å²) in [6.07, 6.45) is 13.9. The molecule has 0 amide bonds. The van der Waals surface area contributed by atoms with Gasteiger partial charge >= 0.3 is 0 Å².